The number of hydrogen-bond donors (Lipinski definition) is 0. The van der Waals surface area contributed by atoms with Crippen molar-refractivity contribution in [3.05, 3.63) is 51.0 Å². The van der Waals surface area contributed by atoms with Crippen molar-refractivity contribution in [2.45, 2.75) is 13.0 Å². The standard InChI is InChI=1S/C15H9ClN2O3/c16-8-5-11-10-7-9(18(20)21)1-2-13(10)17-4-3-14(19)12(6-8)15(11)17/h1-2,5-7H,3-4H2. The van der Waals surface area contributed by atoms with Crippen molar-refractivity contribution < 1.29 is 9.72 Å². The van der Waals surface area contributed by atoms with E-state index >= 15 is 0 Å². The molecule has 104 valence electrons. The minimum atomic E-state index is -0.418. The van der Waals surface area contributed by atoms with Crippen LogP contribution in [0.3, 0.4) is 0 Å². The lowest BCUT2D eigenvalue weighted by molar-refractivity contribution is -0.384. The average Bonchev–Trinajstić information content (AvgIpc) is 2.77. The number of nitrogens with zero attached hydrogens (tertiary/aromatic N) is 2. The molecule has 1 aliphatic rings. The van der Waals surface area contributed by atoms with Crippen LogP contribution in [0.5, 0.6) is 0 Å². The van der Waals surface area contributed by atoms with Crippen molar-refractivity contribution in [3.63, 3.8) is 0 Å². The number of ketones is 1. The van der Waals surface area contributed by atoms with Crippen LogP contribution in [0.15, 0.2) is 30.3 Å². The Kier molecular flexibility index (Phi) is 2.38. The molecule has 0 saturated carbocycles. The van der Waals surface area contributed by atoms with Gasteiger partial charge in [0.2, 0.25) is 0 Å². The van der Waals surface area contributed by atoms with Crippen LogP contribution in [0.2, 0.25) is 5.02 Å². The van der Waals surface area contributed by atoms with E-state index in [0.717, 1.165) is 21.8 Å². The second kappa shape index (κ2) is 4.05. The van der Waals surface area contributed by atoms with E-state index in [1.807, 2.05) is 4.57 Å². The Balaban J connectivity index is 2.23. The van der Waals surface area contributed by atoms with E-state index in [1.54, 1.807) is 24.3 Å². The molecule has 0 atom stereocenters. The summed E-state index contributed by atoms with van der Waals surface area (Å²) in [5.41, 5.74) is 2.36. The molecule has 4 rings (SSSR count). The van der Waals surface area contributed by atoms with Crippen LogP contribution in [0.4, 0.5) is 5.69 Å². The molecule has 5 nitrogen and oxygen atoms in total. The topological polar surface area (TPSA) is 65.1 Å². The number of non-ortho nitro benzene ring substituents is 1. The maximum Gasteiger partial charge on any atom is 0.270 e. The zero-order valence-corrected chi connectivity index (χ0v) is 11.6. The van der Waals surface area contributed by atoms with Gasteiger partial charge in [0.1, 0.15) is 0 Å². The highest BCUT2D eigenvalue weighted by atomic mass is 35.5. The van der Waals surface area contributed by atoms with Gasteiger partial charge in [-0.1, -0.05) is 11.6 Å². The number of hydrogen-bond acceptors (Lipinski definition) is 3. The van der Waals surface area contributed by atoms with Gasteiger partial charge in [-0.05, 0) is 18.2 Å². The number of rotatable bonds is 1. The largest absolute Gasteiger partial charge is 0.339 e. The van der Waals surface area contributed by atoms with Crippen molar-refractivity contribution in [1.82, 2.24) is 4.57 Å². The van der Waals surface area contributed by atoms with E-state index in [0.29, 0.717) is 23.6 Å². The molecule has 0 unspecified atom stereocenters. The van der Waals surface area contributed by atoms with Crippen LogP contribution in [-0.4, -0.2) is 15.3 Å². The van der Waals surface area contributed by atoms with Crippen molar-refractivity contribution in [2.24, 2.45) is 0 Å². The van der Waals surface area contributed by atoms with Crippen LogP contribution in [0.25, 0.3) is 21.8 Å². The molecule has 0 fully saturated rings. The Morgan fingerprint density at radius 3 is 2.76 bits per heavy atom. The molecular formula is C15H9ClN2O3. The molecule has 0 amide bonds. The van der Waals surface area contributed by atoms with Crippen LogP contribution < -0.4 is 0 Å². The summed E-state index contributed by atoms with van der Waals surface area (Å²) < 4.78 is 2.04. The maximum absolute atomic E-state index is 12.1. The van der Waals surface area contributed by atoms with Gasteiger partial charge in [-0.3, -0.25) is 14.9 Å². The third-order valence-corrected chi connectivity index (χ3v) is 4.20. The molecule has 6 heteroatoms. The zero-order chi connectivity index (χ0) is 14.7. The van der Waals surface area contributed by atoms with E-state index in [-0.39, 0.29) is 11.5 Å². The Labute approximate surface area is 123 Å². The quantitative estimate of drug-likeness (QED) is 0.505. The molecule has 0 bridgehead atoms. The number of benzene rings is 2. The lowest BCUT2D eigenvalue weighted by atomic mass is 10.0. The van der Waals surface area contributed by atoms with Crippen LogP contribution in [-0.2, 0) is 6.54 Å². The molecule has 0 spiro atoms. The summed E-state index contributed by atoms with van der Waals surface area (Å²) in [6, 6.07) is 8.21. The summed E-state index contributed by atoms with van der Waals surface area (Å²) in [5.74, 6) is 0.0623. The number of Topliss-reactive ketones (excluding diaryl/α,β-unsaturated/α-hetero) is 1. The predicted octanol–water partition coefficient (Wildman–Crippen LogP) is 3.94. The smallest absolute Gasteiger partial charge is 0.270 e. The Bertz CT molecular complexity index is 959. The van der Waals surface area contributed by atoms with Crippen molar-refractivity contribution in [2.75, 3.05) is 0 Å². The maximum atomic E-state index is 12.1. The number of nitro benzene ring substituents is 1. The van der Waals surface area contributed by atoms with Gasteiger partial charge in [0.25, 0.3) is 5.69 Å². The first kappa shape index (κ1) is 12.3. The number of carbonyl (C=O) groups excluding carboxylic acids is 1. The Morgan fingerprint density at radius 2 is 2.00 bits per heavy atom. The molecular weight excluding hydrogens is 292 g/mol. The summed E-state index contributed by atoms with van der Waals surface area (Å²) in [6.07, 6.45) is 0.420. The second-order valence-corrected chi connectivity index (χ2v) is 5.57. The fourth-order valence-electron chi connectivity index (χ4n) is 3.10. The van der Waals surface area contributed by atoms with Crippen molar-refractivity contribution in [3.8, 4) is 0 Å². The van der Waals surface area contributed by atoms with Gasteiger partial charge < -0.3 is 4.57 Å². The average molecular weight is 301 g/mol. The fraction of sp³-hybridized carbons (Fsp3) is 0.133. The van der Waals surface area contributed by atoms with E-state index in [1.165, 1.54) is 6.07 Å². The highest BCUT2D eigenvalue weighted by Gasteiger charge is 2.24. The molecule has 2 heterocycles. The SMILES string of the molecule is O=C1CCn2c3ccc([N+](=O)[O-])cc3c3cc(Cl)cc1c32. The lowest BCUT2D eigenvalue weighted by Crippen LogP contribution is -2.13. The minimum absolute atomic E-state index is 0.0358. The third-order valence-electron chi connectivity index (χ3n) is 3.98. The molecule has 2 aromatic carbocycles. The monoisotopic (exact) mass is 300 g/mol. The number of aryl methyl sites for hydroxylation is 1. The number of aromatic nitrogens is 1. The Morgan fingerprint density at radius 1 is 1.19 bits per heavy atom. The summed E-state index contributed by atoms with van der Waals surface area (Å²) in [4.78, 5) is 22.7. The third kappa shape index (κ3) is 1.61. The Hall–Kier alpha value is -2.40. The van der Waals surface area contributed by atoms with Gasteiger partial charge in [0.15, 0.2) is 5.78 Å². The highest BCUT2D eigenvalue weighted by molar-refractivity contribution is 6.33. The first-order valence-electron chi connectivity index (χ1n) is 6.49. The van der Waals surface area contributed by atoms with E-state index in [9.17, 15) is 14.9 Å². The minimum Gasteiger partial charge on any atom is -0.339 e. The van der Waals surface area contributed by atoms with Gasteiger partial charge in [-0.2, -0.15) is 0 Å². The van der Waals surface area contributed by atoms with Gasteiger partial charge in [0, 0.05) is 52.0 Å². The van der Waals surface area contributed by atoms with E-state index in [2.05, 4.69) is 0 Å². The molecule has 0 aliphatic carbocycles. The molecule has 0 radical (unpaired) electrons. The second-order valence-electron chi connectivity index (χ2n) is 5.13. The molecule has 21 heavy (non-hydrogen) atoms. The summed E-state index contributed by atoms with van der Waals surface area (Å²) >= 11 is 6.11. The number of fused-ring (bicyclic) bond motifs is 3. The van der Waals surface area contributed by atoms with Gasteiger partial charge in [-0.25, -0.2) is 0 Å². The van der Waals surface area contributed by atoms with Crippen molar-refractivity contribution in [1.29, 1.82) is 0 Å². The molecule has 0 N–H and O–H groups in total. The number of carbonyl (C=O) groups is 1. The first-order valence-corrected chi connectivity index (χ1v) is 6.87. The first-order chi connectivity index (χ1) is 10.1. The highest BCUT2D eigenvalue weighted by Crippen LogP contribution is 2.38. The van der Waals surface area contributed by atoms with Crippen molar-refractivity contribution >= 4 is 44.9 Å². The molecule has 1 aliphatic heterocycles. The summed E-state index contributed by atoms with van der Waals surface area (Å²) in [7, 11) is 0. The summed E-state index contributed by atoms with van der Waals surface area (Å²) in [5, 5.41) is 13.0. The van der Waals surface area contributed by atoms with Gasteiger partial charge in [-0.15, -0.1) is 0 Å². The van der Waals surface area contributed by atoms with Crippen LogP contribution in [0.1, 0.15) is 16.8 Å². The molecule has 3 aromatic rings. The predicted molar refractivity (Wildman–Crippen MR) is 80.1 cm³/mol. The normalized spacial score (nSPS) is 14.0. The van der Waals surface area contributed by atoms with E-state index < -0.39 is 4.92 Å². The number of nitro groups is 1. The van der Waals surface area contributed by atoms with E-state index in [4.69, 9.17) is 11.6 Å². The van der Waals surface area contributed by atoms with Gasteiger partial charge >= 0.3 is 0 Å². The lowest BCUT2D eigenvalue weighted by Gasteiger charge is -2.15. The number of halogens is 1. The zero-order valence-electron chi connectivity index (χ0n) is 10.8. The summed E-state index contributed by atoms with van der Waals surface area (Å²) in [6.45, 7) is 0.589. The fourth-order valence-corrected chi connectivity index (χ4v) is 3.32. The van der Waals surface area contributed by atoms with Gasteiger partial charge in [0.05, 0.1) is 10.4 Å². The molecule has 1 aromatic heterocycles. The van der Waals surface area contributed by atoms with Crippen LogP contribution >= 0.6 is 11.6 Å². The van der Waals surface area contributed by atoms with Crippen LogP contribution in [0, 0.1) is 10.1 Å². The molecule has 0 saturated heterocycles.